The van der Waals surface area contributed by atoms with E-state index in [1.807, 2.05) is 36.4 Å². The molecular weight excluding hydrogens is 180 g/mol. The van der Waals surface area contributed by atoms with Gasteiger partial charge >= 0.3 is 0 Å². The summed E-state index contributed by atoms with van der Waals surface area (Å²) in [6.07, 6.45) is 11.4. The first-order valence-corrected chi connectivity index (χ1v) is 5.05. The van der Waals surface area contributed by atoms with E-state index in [1.54, 1.807) is 0 Å². The van der Waals surface area contributed by atoms with Gasteiger partial charge in [-0.15, -0.1) is 0 Å². The van der Waals surface area contributed by atoms with E-state index in [4.69, 9.17) is 0 Å². The van der Waals surface area contributed by atoms with Crippen LogP contribution in [0, 0.1) is 11.8 Å². The van der Waals surface area contributed by atoms with Gasteiger partial charge in [-0.25, -0.2) is 0 Å². The summed E-state index contributed by atoms with van der Waals surface area (Å²) in [5.74, 6) is 6.29. The van der Waals surface area contributed by atoms with Crippen LogP contribution in [0.15, 0.2) is 66.3 Å². The fourth-order valence-electron chi connectivity index (χ4n) is 1.33. The van der Waals surface area contributed by atoms with E-state index in [2.05, 4.69) is 36.1 Å². The van der Waals surface area contributed by atoms with E-state index in [0.717, 1.165) is 17.6 Å². The van der Waals surface area contributed by atoms with Crippen molar-refractivity contribution in [1.29, 1.82) is 0 Å². The SMILES string of the molecule is C(#Cc1ccccc1)C1=CC=CCC=C1. The van der Waals surface area contributed by atoms with E-state index in [9.17, 15) is 0 Å². The Labute approximate surface area is 90.6 Å². The van der Waals surface area contributed by atoms with Crippen molar-refractivity contribution >= 4 is 0 Å². The average Bonchev–Trinajstić information content (AvgIpc) is 2.56. The molecule has 0 amide bonds. The predicted molar refractivity (Wildman–Crippen MR) is 64.3 cm³/mol. The highest BCUT2D eigenvalue weighted by atomic mass is 13.9. The molecule has 1 aliphatic carbocycles. The number of hydrogen-bond donors (Lipinski definition) is 0. The lowest BCUT2D eigenvalue weighted by atomic mass is 10.2. The molecule has 72 valence electrons. The van der Waals surface area contributed by atoms with E-state index >= 15 is 0 Å². The summed E-state index contributed by atoms with van der Waals surface area (Å²) >= 11 is 0. The van der Waals surface area contributed by atoms with Gasteiger partial charge in [-0.3, -0.25) is 0 Å². The van der Waals surface area contributed by atoms with E-state index in [-0.39, 0.29) is 0 Å². The van der Waals surface area contributed by atoms with Gasteiger partial charge in [0.05, 0.1) is 0 Å². The van der Waals surface area contributed by atoms with E-state index < -0.39 is 0 Å². The van der Waals surface area contributed by atoms with Crippen molar-refractivity contribution in [3.8, 4) is 11.8 Å². The smallest absolute Gasteiger partial charge is 0.0249 e. The fourth-order valence-corrected chi connectivity index (χ4v) is 1.33. The second-order valence-corrected chi connectivity index (χ2v) is 3.30. The van der Waals surface area contributed by atoms with Gasteiger partial charge in [0.2, 0.25) is 0 Å². The first kappa shape index (κ1) is 9.55. The minimum Gasteiger partial charge on any atom is -0.0807 e. The Morgan fingerprint density at radius 2 is 1.80 bits per heavy atom. The molecule has 0 unspecified atom stereocenters. The third-order valence-electron chi connectivity index (χ3n) is 2.11. The zero-order chi connectivity index (χ0) is 10.3. The Morgan fingerprint density at radius 3 is 2.67 bits per heavy atom. The Balaban J connectivity index is 2.18. The zero-order valence-electron chi connectivity index (χ0n) is 8.48. The normalized spacial score (nSPS) is 13.7. The molecule has 0 heteroatoms. The minimum atomic E-state index is 0.993. The van der Waals surface area contributed by atoms with Gasteiger partial charge in [-0.2, -0.15) is 0 Å². The number of allylic oxidation sites excluding steroid dienone is 6. The lowest BCUT2D eigenvalue weighted by Gasteiger charge is -1.88. The average molecular weight is 192 g/mol. The lowest BCUT2D eigenvalue weighted by molar-refractivity contribution is 1.40. The Bertz CT molecular complexity index is 462. The molecule has 0 N–H and O–H groups in total. The standard InChI is InChI=1S/C15H12/c1-2-5-9-14(8-4-1)12-13-15-10-6-3-7-11-15/h1,3-11H,2H2. The highest BCUT2D eigenvalue weighted by molar-refractivity contribution is 5.46. The molecule has 0 bridgehead atoms. The monoisotopic (exact) mass is 192 g/mol. The van der Waals surface area contributed by atoms with Gasteiger partial charge in [0.1, 0.15) is 0 Å². The summed E-state index contributed by atoms with van der Waals surface area (Å²) in [6.45, 7) is 0. The molecule has 2 rings (SSSR count). The van der Waals surface area contributed by atoms with Gasteiger partial charge in [-0.1, -0.05) is 54.3 Å². The summed E-state index contributed by atoms with van der Waals surface area (Å²) in [7, 11) is 0. The molecule has 0 radical (unpaired) electrons. The van der Waals surface area contributed by atoms with Gasteiger partial charge < -0.3 is 0 Å². The molecule has 1 aromatic carbocycles. The van der Waals surface area contributed by atoms with Crippen LogP contribution in [0.2, 0.25) is 0 Å². The second kappa shape index (κ2) is 5.02. The van der Waals surface area contributed by atoms with Crippen LogP contribution in [0.3, 0.4) is 0 Å². The maximum Gasteiger partial charge on any atom is 0.0249 e. The van der Waals surface area contributed by atoms with Crippen LogP contribution in [-0.2, 0) is 0 Å². The topological polar surface area (TPSA) is 0 Å². The van der Waals surface area contributed by atoms with Crippen LogP contribution in [0.25, 0.3) is 0 Å². The Hall–Kier alpha value is -2.00. The molecule has 1 aliphatic rings. The molecule has 0 saturated heterocycles. The molecule has 15 heavy (non-hydrogen) atoms. The van der Waals surface area contributed by atoms with E-state index in [1.165, 1.54) is 0 Å². The van der Waals surface area contributed by atoms with Crippen molar-refractivity contribution in [2.45, 2.75) is 6.42 Å². The van der Waals surface area contributed by atoms with Crippen molar-refractivity contribution in [2.75, 3.05) is 0 Å². The van der Waals surface area contributed by atoms with Crippen LogP contribution >= 0.6 is 0 Å². The summed E-state index contributed by atoms with van der Waals surface area (Å²) in [4.78, 5) is 0. The summed E-state index contributed by atoms with van der Waals surface area (Å²) < 4.78 is 0. The Kier molecular flexibility index (Phi) is 3.20. The van der Waals surface area contributed by atoms with Gasteiger partial charge in [-0.05, 0) is 24.6 Å². The van der Waals surface area contributed by atoms with Crippen molar-refractivity contribution in [3.05, 3.63) is 71.8 Å². The fraction of sp³-hybridized carbons (Fsp3) is 0.0667. The number of rotatable bonds is 0. The largest absolute Gasteiger partial charge is 0.0807 e. The summed E-state index contributed by atoms with van der Waals surface area (Å²) in [5, 5.41) is 0. The van der Waals surface area contributed by atoms with Crippen molar-refractivity contribution < 1.29 is 0 Å². The molecule has 0 aromatic heterocycles. The maximum absolute atomic E-state index is 3.15. The van der Waals surface area contributed by atoms with Crippen LogP contribution < -0.4 is 0 Å². The van der Waals surface area contributed by atoms with Crippen molar-refractivity contribution in [1.82, 2.24) is 0 Å². The number of benzene rings is 1. The zero-order valence-corrected chi connectivity index (χ0v) is 8.48. The lowest BCUT2D eigenvalue weighted by Crippen LogP contribution is -1.73. The minimum absolute atomic E-state index is 0.993. The predicted octanol–water partition coefficient (Wildman–Crippen LogP) is 3.48. The van der Waals surface area contributed by atoms with Crippen LogP contribution in [0.4, 0.5) is 0 Å². The van der Waals surface area contributed by atoms with Crippen molar-refractivity contribution in [3.63, 3.8) is 0 Å². The molecule has 0 saturated carbocycles. The summed E-state index contributed by atoms with van der Waals surface area (Å²) in [6, 6.07) is 10.0. The highest BCUT2D eigenvalue weighted by Gasteiger charge is 1.87. The van der Waals surface area contributed by atoms with Gasteiger partial charge in [0.25, 0.3) is 0 Å². The first-order valence-electron chi connectivity index (χ1n) is 5.05. The Morgan fingerprint density at radius 1 is 0.933 bits per heavy atom. The molecule has 1 aromatic rings. The van der Waals surface area contributed by atoms with Crippen LogP contribution in [-0.4, -0.2) is 0 Å². The first-order chi connectivity index (χ1) is 7.45. The molecular formula is C15H12. The molecule has 0 fully saturated rings. The van der Waals surface area contributed by atoms with Gasteiger partial charge in [0, 0.05) is 11.1 Å². The molecule has 0 heterocycles. The van der Waals surface area contributed by atoms with Crippen LogP contribution in [0.1, 0.15) is 12.0 Å². The maximum atomic E-state index is 3.15. The highest BCUT2D eigenvalue weighted by Crippen LogP contribution is 2.03. The van der Waals surface area contributed by atoms with Gasteiger partial charge in [0.15, 0.2) is 0 Å². The second-order valence-electron chi connectivity index (χ2n) is 3.30. The molecule has 0 spiro atoms. The van der Waals surface area contributed by atoms with Crippen LogP contribution in [0.5, 0.6) is 0 Å². The summed E-state index contributed by atoms with van der Waals surface area (Å²) in [5.41, 5.74) is 2.12. The molecule has 0 nitrogen and oxygen atoms in total. The molecule has 0 aliphatic heterocycles. The third kappa shape index (κ3) is 3.00. The molecule has 0 atom stereocenters. The third-order valence-corrected chi connectivity index (χ3v) is 2.11. The van der Waals surface area contributed by atoms with E-state index in [0.29, 0.717) is 0 Å². The number of hydrogen-bond acceptors (Lipinski definition) is 0. The quantitative estimate of drug-likeness (QED) is 0.552. The van der Waals surface area contributed by atoms with Crippen molar-refractivity contribution in [2.24, 2.45) is 0 Å².